The fraction of sp³-hybridized carbons (Fsp3) is 0.632. The van der Waals surface area contributed by atoms with E-state index in [4.69, 9.17) is 0 Å². The van der Waals surface area contributed by atoms with Gasteiger partial charge in [0.1, 0.15) is 4.70 Å². The molecule has 26 heavy (non-hydrogen) atoms. The summed E-state index contributed by atoms with van der Waals surface area (Å²) in [4.78, 5) is 31.9. The molecule has 0 atom stereocenters. The Labute approximate surface area is 163 Å². The van der Waals surface area contributed by atoms with Gasteiger partial charge in [0.05, 0.1) is 11.3 Å². The number of rotatable bonds is 10. The van der Waals surface area contributed by atoms with Crippen molar-refractivity contribution in [1.82, 2.24) is 14.5 Å². The second-order valence-electron chi connectivity index (χ2n) is 6.78. The Hall–Kier alpha value is -1.34. The van der Waals surface area contributed by atoms with Gasteiger partial charge in [0.25, 0.3) is 5.56 Å². The topological polar surface area (TPSA) is 55.2 Å². The molecular formula is C19H29N3O2S2. The molecule has 0 fully saturated rings. The van der Waals surface area contributed by atoms with Crippen LogP contribution in [0.25, 0.3) is 10.2 Å². The number of nitrogens with zero attached hydrogens (tertiary/aromatic N) is 3. The maximum Gasteiger partial charge on any atom is 0.272 e. The molecular weight excluding hydrogens is 366 g/mol. The molecule has 0 aliphatic heterocycles. The smallest absolute Gasteiger partial charge is 0.272 e. The lowest BCUT2D eigenvalue weighted by Gasteiger charge is -2.20. The molecule has 2 rings (SSSR count). The Balaban J connectivity index is 2.20. The molecule has 0 unspecified atom stereocenters. The maximum absolute atomic E-state index is 12.8. The summed E-state index contributed by atoms with van der Waals surface area (Å²) < 4.78 is 2.45. The highest BCUT2D eigenvalue weighted by Crippen LogP contribution is 2.22. The fourth-order valence-electron chi connectivity index (χ4n) is 2.64. The van der Waals surface area contributed by atoms with E-state index < -0.39 is 0 Å². The number of aromatic nitrogens is 2. The van der Waals surface area contributed by atoms with Gasteiger partial charge in [-0.2, -0.15) is 0 Å². The number of hydrogen-bond donors (Lipinski definition) is 0. The Morgan fingerprint density at radius 3 is 2.81 bits per heavy atom. The molecule has 0 N–H and O–H groups in total. The van der Waals surface area contributed by atoms with Crippen LogP contribution in [0.5, 0.6) is 0 Å². The quantitative estimate of drug-likeness (QED) is 0.446. The molecule has 0 spiro atoms. The van der Waals surface area contributed by atoms with Crippen LogP contribution in [0.2, 0.25) is 0 Å². The van der Waals surface area contributed by atoms with Crippen molar-refractivity contribution in [1.29, 1.82) is 0 Å². The molecule has 5 nitrogen and oxygen atoms in total. The van der Waals surface area contributed by atoms with Crippen molar-refractivity contribution in [3.05, 3.63) is 21.8 Å². The third-order valence-corrected chi connectivity index (χ3v) is 6.15. The third-order valence-electron chi connectivity index (χ3n) is 4.30. The molecule has 0 aromatic carbocycles. The molecule has 2 aromatic rings. The van der Waals surface area contributed by atoms with Crippen LogP contribution in [0.3, 0.4) is 0 Å². The Bertz CT molecular complexity index is 783. The van der Waals surface area contributed by atoms with Gasteiger partial charge in [-0.25, -0.2) is 4.98 Å². The van der Waals surface area contributed by atoms with Crippen LogP contribution in [0.1, 0.15) is 47.0 Å². The van der Waals surface area contributed by atoms with Crippen LogP contribution >= 0.6 is 23.1 Å². The molecule has 0 aliphatic carbocycles. The molecule has 2 aromatic heterocycles. The Kier molecular flexibility index (Phi) is 8.15. The van der Waals surface area contributed by atoms with Gasteiger partial charge in [-0.15, -0.1) is 11.3 Å². The van der Waals surface area contributed by atoms with Crippen LogP contribution < -0.4 is 5.56 Å². The van der Waals surface area contributed by atoms with Gasteiger partial charge < -0.3 is 4.90 Å². The first-order valence-electron chi connectivity index (χ1n) is 9.36. The summed E-state index contributed by atoms with van der Waals surface area (Å²) in [5, 5.41) is 2.55. The van der Waals surface area contributed by atoms with E-state index in [1.165, 1.54) is 23.1 Å². The minimum absolute atomic E-state index is 0.0129. The second-order valence-corrected chi connectivity index (χ2v) is 8.64. The average molecular weight is 396 g/mol. The SMILES string of the molecule is CCCCN(CC)C(=O)CSc1nc2ccsc2c(=O)n1CCC(C)C. The first kappa shape index (κ1) is 21.0. The molecule has 0 saturated carbocycles. The van der Waals surface area contributed by atoms with E-state index in [1.807, 2.05) is 23.3 Å². The zero-order valence-electron chi connectivity index (χ0n) is 16.2. The monoisotopic (exact) mass is 395 g/mol. The van der Waals surface area contributed by atoms with Crippen molar-refractivity contribution in [3.8, 4) is 0 Å². The van der Waals surface area contributed by atoms with E-state index in [9.17, 15) is 9.59 Å². The van der Waals surface area contributed by atoms with Gasteiger partial charge in [-0.1, -0.05) is 39.0 Å². The number of amides is 1. The predicted molar refractivity (Wildman–Crippen MR) is 111 cm³/mol. The van der Waals surface area contributed by atoms with E-state index in [1.54, 1.807) is 4.57 Å². The van der Waals surface area contributed by atoms with Gasteiger partial charge >= 0.3 is 0 Å². The summed E-state index contributed by atoms with van der Waals surface area (Å²) in [6.07, 6.45) is 3.00. The van der Waals surface area contributed by atoms with Crippen molar-refractivity contribution >= 4 is 39.2 Å². The summed E-state index contributed by atoms with van der Waals surface area (Å²) >= 11 is 2.81. The summed E-state index contributed by atoms with van der Waals surface area (Å²) in [5.41, 5.74) is 0.744. The van der Waals surface area contributed by atoms with Crippen LogP contribution in [-0.2, 0) is 11.3 Å². The first-order valence-corrected chi connectivity index (χ1v) is 11.2. The van der Waals surface area contributed by atoms with Gasteiger partial charge in [0.2, 0.25) is 5.91 Å². The molecule has 0 bridgehead atoms. The highest BCUT2D eigenvalue weighted by molar-refractivity contribution is 7.99. The highest BCUT2D eigenvalue weighted by atomic mass is 32.2. The summed E-state index contributed by atoms with van der Waals surface area (Å²) in [6, 6.07) is 1.87. The van der Waals surface area contributed by atoms with Crippen LogP contribution in [-0.4, -0.2) is 39.2 Å². The lowest BCUT2D eigenvalue weighted by molar-refractivity contribution is -0.128. The van der Waals surface area contributed by atoms with E-state index in [0.29, 0.717) is 28.1 Å². The minimum Gasteiger partial charge on any atom is -0.342 e. The Morgan fingerprint density at radius 2 is 2.15 bits per heavy atom. The highest BCUT2D eigenvalue weighted by Gasteiger charge is 2.16. The molecule has 1 amide bonds. The predicted octanol–water partition coefficient (Wildman–Crippen LogP) is 4.24. The van der Waals surface area contributed by atoms with E-state index in [0.717, 1.165) is 37.9 Å². The zero-order chi connectivity index (χ0) is 19.1. The second kappa shape index (κ2) is 10.1. The molecule has 0 saturated heterocycles. The number of carbonyl (C=O) groups is 1. The van der Waals surface area contributed by atoms with Gasteiger partial charge in [-0.05, 0) is 37.1 Å². The average Bonchev–Trinajstić information content (AvgIpc) is 3.08. The maximum atomic E-state index is 12.8. The van der Waals surface area contributed by atoms with Crippen molar-refractivity contribution in [2.75, 3.05) is 18.8 Å². The normalized spacial score (nSPS) is 11.4. The molecule has 0 radical (unpaired) electrons. The molecule has 2 heterocycles. The number of unbranched alkanes of at least 4 members (excludes halogenated alkanes) is 1. The summed E-state index contributed by atoms with van der Waals surface area (Å²) in [6.45, 7) is 10.6. The van der Waals surface area contributed by atoms with Gasteiger partial charge in [0.15, 0.2) is 5.16 Å². The van der Waals surface area contributed by atoms with Crippen molar-refractivity contribution < 1.29 is 4.79 Å². The molecule has 0 aliphatic rings. The summed E-state index contributed by atoms with van der Waals surface area (Å²) in [7, 11) is 0. The lowest BCUT2D eigenvalue weighted by atomic mass is 10.1. The van der Waals surface area contributed by atoms with Crippen LogP contribution in [0.4, 0.5) is 0 Å². The van der Waals surface area contributed by atoms with E-state index in [-0.39, 0.29) is 11.5 Å². The fourth-order valence-corrected chi connectivity index (χ4v) is 4.35. The number of hydrogen-bond acceptors (Lipinski definition) is 5. The first-order chi connectivity index (χ1) is 12.5. The third kappa shape index (κ3) is 5.33. The van der Waals surface area contributed by atoms with Crippen molar-refractivity contribution in [2.45, 2.75) is 58.7 Å². The van der Waals surface area contributed by atoms with Gasteiger partial charge in [-0.3, -0.25) is 14.2 Å². The number of thiophene rings is 1. The Morgan fingerprint density at radius 1 is 1.38 bits per heavy atom. The number of thioether (sulfide) groups is 1. The van der Waals surface area contributed by atoms with Crippen LogP contribution in [0, 0.1) is 5.92 Å². The van der Waals surface area contributed by atoms with E-state index >= 15 is 0 Å². The van der Waals surface area contributed by atoms with Crippen LogP contribution in [0.15, 0.2) is 21.4 Å². The van der Waals surface area contributed by atoms with E-state index in [2.05, 4.69) is 25.8 Å². The zero-order valence-corrected chi connectivity index (χ0v) is 17.8. The summed E-state index contributed by atoms with van der Waals surface area (Å²) in [5.74, 6) is 0.937. The standard InChI is InChI=1S/C19H29N3O2S2/c1-5-7-10-21(6-2)16(23)13-26-19-20-15-9-12-25-17(15)18(24)22(19)11-8-14(3)4/h9,12,14H,5-8,10-11,13H2,1-4H3. The van der Waals surface area contributed by atoms with Gasteiger partial charge in [0, 0.05) is 19.6 Å². The van der Waals surface area contributed by atoms with Crippen molar-refractivity contribution in [2.24, 2.45) is 5.92 Å². The number of carbonyl (C=O) groups excluding carboxylic acids is 1. The minimum atomic E-state index is 0.0129. The lowest BCUT2D eigenvalue weighted by Crippen LogP contribution is -2.33. The largest absolute Gasteiger partial charge is 0.342 e. The molecule has 7 heteroatoms. The molecule has 144 valence electrons. The van der Waals surface area contributed by atoms with Crippen molar-refractivity contribution in [3.63, 3.8) is 0 Å². The number of fused-ring (bicyclic) bond motifs is 1.